The Morgan fingerprint density at radius 2 is 2.10 bits per heavy atom. The molecule has 3 aliphatic rings. The van der Waals surface area contributed by atoms with E-state index in [1.165, 1.54) is 32.2 Å². The van der Waals surface area contributed by atoms with Gasteiger partial charge in [-0.05, 0) is 75.8 Å². The second-order valence-electron chi connectivity index (χ2n) is 7.98. The van der Waals surface area contributed by atoms with Crippen LogP contribution in [0.5, 0.6) is 0 Å². The maximum absolute atomic E-state index is 11.6. The minimum Gasteiger partial charge on any atom is -0.368 e. The highest BCUT2D eigenvalue weighted by Gasteiger charge is 2.44. The summed E-state index contributed by atoms with van der Waals surface area (Å²) >= 11 is 0. The van der Waals surface area contributed by atoms with Gasteiger partial charge >= 0.3 is 0 Å². The van der Waals surface area contributed by atoms with Crippen LogP contribution < -0.4 is 11.5 Å². The molecule has 21 heavy (non-hydrogen) atoms. The number of amides is 1. The Hall–Kier alpha value is -0.610. The van der Waals surface area contributed by atoms with Crippen molar-refractivity contribution in [1.82, 2.24) is 4.90 Å². The Balaban J connectivity index is 1.45. The Kier molecular flexibility index (Phi) is 4.28. The first kappa shape index (κ1) is 15.3. The maximum atomic E-state index is 11.6. The van der Waals surface area contributed by atoms with Crippen LogP contribution >= 0.6 is 0 Å². The Bertz CT molecular complexity index is 399. The molecule has 0 aromatic heterocycles. The van der Waals surface area contributed by atoms with Crippen molar-refractivity contribution < 1.29 is 4.79 Å². The summed E-state index contributed by atoms with van der Waals surface area (Å²) in [7, 11) is 2.23. The van der Waals surface area contributed by atoms with Crippen molar-refractivity contribution in [2.75, 3.05) is 20.1 Å². The summed E-state index contributed by atoms with van der Waals surface area (Å²) in [6, 6.07) is 0. The van der Waals surface area contributed by atoms with E-state index in [2.05, 4.69) is 11.9 Å². The third-order valence-corrected chi connectivity index (χ3v) is 6.62. The number of nitrogens with two attached hydrogens (primary N) is 2. The van der Waals surface area contributed by atoms with Crippen molar-refractivity contribution in [1.29, 1.82) is 0 Å². The molecule has 3 fully saturated rings. The minimum absolute atomic E-state index is 0.275. The number of primary amides is 1. The van der Waals surface area contributed by atoms with Gasteiger partial charge in [-0.3, -0.25) is 4.79 Å². The van der Waals surface area contributed by atoms with Crippen molar-refractivity contribution in [2.45, 2.75) is 56.9 Å². The lowest BCUT2D eigenvalue weighted by Gasteiger charge is -2.31. The first-order chi connectivity index (χ1) is 9.99. The van der Waals surface area contributed by atoms with Crippen molar-refractivity contribution in [3.8, 4) is 0 Å². The molecule has 5 unspecified atom stereocenters. The van der Waals surface area contributed by atoms with E-state index in [0.717, 1.165) is 50.0 Å². The fraction of sp³-hybridized carbons (Fsp3) is 0.941. The Morgan fingerprint density at radius 1 is 1.29 bits per heavy atom. The van der Waals surface area contributed by atoms with Crippen LogP contribution in [0.25, 0.3) is 0 Å². The molecule has 0 aliphatic heterocycles. The number of carbonyl (C=O) groups is 1. The Morgan fingerprint density at radius 3 is 2.71 bits per heavy atom. The van der Waals surface area contributed by atoms with E-state index >= 15 is 0 Å². The lowest BCUT2D eigenvalue weighted by molar-refractivity contribution is -0.124. The molecule has 3 aliphatic carbocycles. The van der Waals surface area contributed by atoms with Crippen molar-refractivity contribution in [2.24, 2.45) is 35.1 Å². The molecule has 5 atom stereocenters. The third-order valence-electron chi connectivity index (χ3n) is 6.62. The predicted molar refractivity (Wildman–Crippen MR) is 84.5 cm³/mol. The average Bonchev–Trinajstić information content (AvgIpc) is 3.12. The van der Waals surface area contributed by atoms with Crippen LogP contribution in [-0.2, 0) is 4.79 Å². The maximum Gasteiger partial charge on any atom is 0.237 e. The van der Waals surface area contributed by atoms with E-state index in [-0.39, 0.29) is 11.8 Å². The quantitative estimate of drug-likeness (QED) is 0.783. The van der Waals surface area contributed by atoms with Crippen molar-refractivity contribution in [3.05, 3.63) is 0 Å². The van der Waals surface area contributed by atoms with Gasteiger partial charge in [-0.1, -0.05) is 12.8 Å². The zero-order chi connectivity index (χ0) is 15.0. The molecule has 3 saturated carbocycles. The second kappa shape index (κ2) is 5.88. The van der Waals surface area contributed by atoms with Gasteiger partial charge in [0.2, 0.25) is 5.91 Å². The lowest BCUT2D eigenvalue weighted by atomic mass is 9.84. The summed E-state index contributed by atoms with van der Waals surface area (Å²) < 4.78 is 0. The summed E-state index contributed by atoms with van der Waals surface area (Å²) in [4.78, 5) is 14.1. The van der Waals surface area contributed by atoms with E-state index < -0.39 is 5.54 Å². The van der Waals surface area contributed by atoms with Gasteiger partial charge < -0.3 is 16.4 Å². The highest BCUT2D eigenvalue weighted by atomic mass is 16.1. The molecule has 1 amide bonds. The SMILES string of the molecule is CN(CCC1CCCC1(N)C(N)=O)CC1CC2CCC1C2. The largest absolute Gasteiger partial charge is 0.368 e. The number of rotatable bonds is 6. The summed E-state index contributed by atoms with van der Waals surface area (Å²) in [5.41, 5.74) is 11.0. The van der Waals surface area contributed by atoms with Gasteiger partial charge in [-0.25, -0.2) is 0 Å². The summed E-state index contributed by atoms with van der Waals surface area (Å²) in [5.74, 6) is 2.90. The predicted octanol–water partition coefficient (Wildman–Crippen LogP) is 1.73. The van der Waals surface area contributed by atoms with Crippen LogP contribution in [0.3, 0.4) is 0 Å². The van der Waals surface area contributed by atoms with Crippen LogP contribution in [0.1, 0.15) is 51.4 Å². The molecular weight excluding hydrogens is 262 g/mol. The smallest absolute Gasteiger partial charge is 0.237 e. The summed E-state index contributed by atoms with van der Waals surface area (Å²) in [5, 5.41) is 0. The molecule has 0 radical (unpaired) electrons. The number of hydrogen-bond acceptors (Lipinski definition) is 3. The molecule has 0 heterocycles. The topological polar surface area (TPSA) is 72.3 Å². The molecule has 4 nitrogen and oxygen atoms in total. The second-order valence-corrected chi connectivity index (χ2v) is 7.98. The third kappa shape index (κ3) is 2.98. The zero-order valence-electron chi connectivity index (χ0n) is 13.4. The highest BCUT2D eigenvalue weighted by Crippen LogP contribution is 2.48. The van der Waals surface area contributed by atoms with Crippen LogP contribution in [-0.4, -0.2) is 36.5 Å². The van der Waals surface area contributed by atoms with Crippen LogP contribution in [0.15, 0.2) is 0 Å². The fourth-order valence-corrected chi connectivity index (χ4v) is 5.30. The first-order valence-corrected chi connectivity index (χ1v) is 8.76. The van der Waals surface area contributed by atoms with Gasteiger partial charge in [0.1, 0.15) is 0 Å². The molecule has 0 spiro atoms. The van der Waals surface area contributed by atoms with E-state index in [9.17, 15) is 4.79 Å². The molecule has 4 heteroatoms. The lowest BCUT2D eigenvalue weighted by Crippen LogP contribution is -2.55. The molecule has 0 aromatic rings. The molecule has 120 valence electrons. The number of nitrogens with zero attached hydrogens (tertiary/aromatic N) is 1. The van der Waals surface area contributed by atoms with Crippen LogP contribution in [0.2, 0.25) is 0 Å². The van der Waals surface area contributed by atoms with Crippen LogP contribution in [0.4, 0.5) is 0 Å². The monoisotopic (exact) mass is 293 g/mol. The van der Waals surface area contributed by atoms with Gasteiger partial charge in [0.05, 0.1) is 5.54 Å². The van der Waals surface area contributed by atoms with Gasteiger partial charge in [0, 0.05) is 6.54 Å². The van der Waals surface area contributed by atoms with E-state index in [1.54, 1.807) is 0 Å². The van der Waals surface area contributed by atoms with E-state index in [0.29, 0.717) is 0 Å². The van der Waals surface area contributed by atoms with Gasteiger partial charge in [0.15, 0.2) is 0 Å². The van der Waals surface area contributed by atoms with Crippen LogP contribution in [0, 0.1) is 23.7 Å². The highest BCUT2D eigenvalue weighted by molar-refractivity contribution is 5.85. The average molecular weight is 293 g/mol. The Labute approximate surface area is 128 Å². The van der Waals surface area contributed by atoms with Gasteiger partial charge in [-0.15, -0.1) is 0 Å². The molecule has 0 aromatic carbocycles. The van der Waals surface area contributed by atoms with Crippen molar-refractivity contribution >= 4 is 5.91 Å². The van der Waals surface area contributed by atoms with E-state index in [4.69, 9.17) is 11.5 Å². The standard InChI is InChI=1S/C17H31N3O/c1-20(11-14-10-12-4-5-13(14)9-12)8-6-15-3-2-7-17(15,19)16(18)21/h12-15H,2-11,19H2,1H3,(H2,18,21). The van der Waals surface area contributed by atoms with Crippen molar-refractivity contribution in [3.63, 3.8) is 0 Å². The van der Waals surface area contributed by atoms with E-state index in [1.807, 2.05) is 0 Å². The molecule has 2 bridgehead atoms. The summed E-state index contributed by atoms with van der Waals surface area (Å²) in [6.07, 6.45) is 9.73. The molecule has 3 rings (SSSR count). The molecule has 4 N–H and O–H groups in total. The van der Waals surface area contributed by atoms with Gasteiger partial charge in [-0.2, -0.15) is 0 Å². The molecular formula is C17H31N3O. The number of carbonyl (C=O) groups excluding carboxylic acids is 1. The summed E-state index contributed by atoms with van der Waals surface area (Å²) in [6.45, 7) is 2.27. The number of hydrogen-bond donors (Lipinski definition) is 2. The fourth-order valence-electron chi connectivity index (χ4n) is 5.30. The first-order valence-electron chi connectivity index (χ1n) is 8.76. The van der Waals surface area contributed by atoms with Gasteiger partial charge in [0.25, 0.3) is 0 Å². The zero-order valence-corrected chi connectivity index (χ0v) is 13.4. The number of fused-ring (bicyclic) bond motifs is 2. The normalized spacial score (nSPS) is 42.0. The minimum atomic E-state index is -0.743. The molecule has 0 saturated heterocycles.